The van der Waals surface area contributed by atoms with Crippen LogP contribution in [-0.2, 0) is 0 Å². The predicted octanol–water partition coefficient (Wildman–Crippen LogP) is 2.68. The van der Waals surface area contributed by atoms with E-state index in [-0.39, 0.29) is 0 Å². The van der Waals surface area contributed by atoms with Gasteiger partial charge >= 0.3 is 0 Å². The molecule has 0 bridgehead atoms. The average molecular weight is 159 g/mol. The average Bonchev–Trinajstić information content (AvgIpc) is 2.16. The van der Waals surface area contributed by atoms with E-state index in [0.717, 1.165) is 17.1 Å². The third-order valence-corrected chi connectivity index (χ3v) is 1.44. The molecule has 12 heavy (non-hydrogen) atoms. The number of aliphatic imine (C=N–C) groups is 3. The zero-order valence-electron chi connectivity index (χ0n) is 6.70. The largest absolute Gasteiger partial charge is 0.265 e. The van der Waals surface area contributed by atoms with Crippen molar-refractivity contribution in [3.05, 3.63) is 18.2 Å². The predicted molar refractivity (Wildman–Crippen MR) is 54.1 cm³/mol. The van der Waals surface area contributed by atoms with E-state index in [1.807, 2.05) is 0 Å². The first-order chi connectivity index (χ1) is 5.80. The van der Waals surface area contributed by atoms with Crippen LogP contribution in [0.15, 0.2) is 33.2 Å². The third kappa shape index (κ3) is 1.63. The van der Waals surface area contributed by atoms with Crippen molar-refractivity contribution < 1.29 is 0 Å². The molecule has 0 fully saturated rings. The molecule has 0 radical (unpaired) electrons. The second-order valence-electron chi connectivity index (χ2n) is 2.18. The zero-order valence-corrected chi connectivity index (χ0v) is 6.70. The maximum absolute atomic E-state index is 3.76. The maximum atomic E-state index is 3.76. The first kappa shape index (κ1) is 8.33. The Morgan fingerprint density at radius 1 is 0.667 bits per heavy atom. The Bertz CT molecular complexity index is 264. The van der Waals surface area contributed by atoms with E-state index in [1.165, 1.54) is 0 Å². The molecule has 0 saturated carbocycles. The van der Waals surface area contributed by atoms with Crippen LogP contribution in [0.25, 0.3) is 0 Å². The van der Waals surface area contributed by atoms with Gasteiger partial charge < -0.3 is 0 Å². The van der Waals surface area contributed by atoms with Gasteiger partial charge in [0.15, 0.2) is 0 Å². The van der Waals surface area contributed by atoms with Gasteiger partial charge in [-0.25, -0.2) is 0 Å². The summed E-state index contributed by atoms with van der Waals surface area (Å²) in [6, 6.07) is 5.32. The molecule has 0 aliphatic rings. The van der Waals surface area contributed by atoms with Crippen LogP contribution in [-0.4, -0.2) is 20.2 Å². The Morgan fingerprint density at radius 3 is 1.08 bits per heavy atom. The molecule has 0 N–H and O–H groups in total. The Hall–Kier alpha value is -1.77. The quantitative estimate of drug-likeness (QED) is 0.608. The lowest BCUT2D eigenvalue weighted by molar-refractivity contribution is 1.46. The molecular formula is C9H9N3. The lowest BCUT2D eigenvalue weighted by Gasteiger charge is -1.97. The van der Waals surface area contributed by atoms with Crippen LogP contribution in [0.3, 0.4) is 0 Å². The monoisotopic (exact) mass is 159 g/mol. The number of benzene rings is 1. The van der Waals surface area contributed by atoms with Gasteiger partial charge in [0.05, 0.1) is 17.1 Å². The second-order valence-corrected chi connectivity index (χ2v) is 2.18. The molecular weight excluding hydrogens is 150 g/mol. The highest BCUT2D eigenvalue weighted by atomic mass is 14.8. The number of hydrogen-bond acceptors (Lipinski definition) is 3. The van der Waals surface area contributed by atoms with Gasteiger partial charge in [0.1, 0.15) is 0 Å². The van der Waals surface area contributed by atoms with Gasteiger partial charge in [0, 0.05) is 0 Å². The molecule has 0 atom stereocenters. The molecule has 0 heterocycles. The molecule has 0 unspecified atom stereocenters. The van der Waals surface area contributed by atoms with E-state index < -0.39 is 0 Å². The second kappa shape index (κ2) is 3.57. The van der Waals surface area contributed by atoms with E-state index in [1.54, 1.807) is 18.2 Å². The highest BCUT2D eigenvalue weighted by Gasteiger charge is 1.95. The van der Waals surface area contributed by atoms with Crippen LogP contribution < -0.4 is 0 Å². The van der Waals surface area contributed by atoms with Gasteiger partial charge in [0.25, 0.3) is 0 Å². The standard InChI is InChI=1S/C9H9N3/c1-10-7-4-8(11-2)6-9(5-7)12-3/h4-6H,1-3H2. The van der Waals surface area contributed by atoms with Crippen molar-refractivity contribution in [3.8, 4) is 0 Å². The summed E-state index contributed by atoms with van der Waals surface area (Å²) >= 11 is 0. The van der Waals surface area contributed by atoms with Crippen LogP contribution in [0.4, 0.5) is 17.1 Å². The SMILES string of the molecule is C=Nc1cc(N=C)cc(N=C)c1. The molecule has 0 aromatic heterocycles. The summed E-state index contributed by atoms with van der Waals surface area (Å²) in [5.41, 5.74) is 2.17. The molecule has 0 amide bonds. The molecule has 1 aromatic rings. The van der Waals surface area contributed by atoms with Crippen LogP contribution in [0.5, 0.6) is 0 Å². The van der Waals surface area contributed by atoms with E-state index in [2.05, 4.69) is 35.1 Å². The van der Waals surface area contributed by atoms with Gasteiger partial charge in [0.2, 0.25) is 0 Å². The van der Waals surface area contributed by atoms with Crippen LogP contribution >= 0.6 is 0 Å². The lowest BCUT2D eigenvalue weighted by Crippen LogP contribution is -1.67. The highest BCUT2D eigenvalue weighted by Crippen LogP contribution is 2.27. The van der Waals surface area contributed by atoms with Crippen molar-refractivity contribution in [3.63, 3.8) is 0 Å². The summed E-state index contributed by atoms with van der Waals surface area (Å²) in [5, 5.41) is 0. The van der Waals surface area contributed by atoms with Gasteiger partial charge in [-0.15, -0.1) is 0 Å². The first-order valence-electron chi connectivity index (χ1n) is 3.35. The minimum absolute atomic E-state index is 0.724. The molecule has 0 aliphatic carbocycles. The molecule has 0 saturated heterocycles. The lowest BCUT2D eigenvalue weighted by atomic mass is 10.2. The Morgan fingerprint density at radius 2 is 0.917 bits per heavy atom. The summed E-state index contributed by atoms with van der Waals surface area (Å²) in [4.78, 5) is 11.3. The fourth-order valence-electron chi connectivity index (χ4n) is 0.853. The number of rotatable bonds is 3. The Balaban J connectivity index is 3.26. The minimum atomic E-state index is 0.724. The van der Waals surface area contributed by atoms with Crippen molar-refractivity contribution in [2.45, 2.75) is 0 Å². The van der Waals surface area contributed by atoms with Crippen molar-refractivity contribution in [1.29, 1.82) is 0 Å². The maximum Gasteiger partial charge on any atom is 0.0665 e. The number of nitrogens with zero attached hydrogens (tertiary/aromatic N) is 3. The molecule has 1 rings (SSSR count). The summed E-state index contributed by atoms with van der Waals surface area (Å²) in [7, 11) is 0. The fourth-order valence-corrected chi connectivity index (χ4v) is 0.853. The molecule has 60 valence electrons. The Kier molecular flexibility index (Phi) is 2.48. The van der Waals surface area contributed by atoms with Crippen molar-refractivity contribution >= 4 is 37.2 Å². The molecule has 3 nitrogen and oxygen atoms in total. The topological polar surface area (TPSA) is 37.1 Å². The summed E-state index contributed by atoms with van der Waals surface area (Å²) in [6.45, 7) is 10.2. The van der Waals surface area contributed by atoms with Crippen molar-refractivity contribution in [2.24, 2.45) is 15.0 Å². The molecule has 1 aromatic carbocycles. The van der Waals surface area contributed by atoms with Crippen LogP contribution in [0.2, 0.25) is 0 Å². The zero-order chi connectivity index (χ0) is 8.97. The number of hydrogen-bond donors (Lipinski definition) is 0. The van der Waals surface area contributed by atoms with E-state index in [9.17, 15) is 0 Å². The molecule has 3 heteroatoms. The summed E-state index contributed by atoms with van der Waals surface area (Å²) < 4.78 is 0. The summed E-state index contributed by atoms with van der Waals surface area (Å²) in [5.74, 6) is 0. The first-order valence-corrected chi connectivity index (χ1v) is 3.35. The van der Waals surface area contributed by atoms with Gasteiger partial charge in [-0.05, 0) is 38.4 Å². The van der Waals surface area contributed by atoms with E-state index in [4.69, 9.17) is 0 Å². The summed E-state index contributed by atoms with van der Waals surface area (Å²) in [6.07, 6.45) is 0. The fraction of sp³-hybridized carbons (Fsp3) is 0. The van der Waals surface area contributed by atoms with Gasteiger partial charge in [-0.2, -0.15) is 0 Å². The van der Waals surface area contributed by atoms with Crippen LogP contribution in [0.1, 0.15) is 0 Å². The van der Waals surface area contributed by atoms with Crippen molar-refractivity contribution in [1.82, 2.24) is 0 Å². The third-order valence-electron chi connectivity index (χ3n) is 1.44. The molecule has 0 spiro atoms. The highest BCUT2D eigenvalue weighted by molar-refractivity contribution is 5.65. The van der Waals surface area contributed by atoms with Gasteiger partial charge in [-0.3, -0.25) is 15.0 Å². The molecule has 0 aliphatic heterocycles. The van der Waals surface area contributed by atoms with Crippen LogP contribution in [0, 0.1) is 0 Å². The van der Waals surface area contributed by atoms with E-state index >= 15 is 0 Å². The normalized spacial score (nSPS) is 9.00. The Labute approximate surface area is 71.2 Å². The van der Waals surface area contributed by atoms with Gasteiger partial charge in [-0.1, -0.05) is 0 Å². The van der Waals surface area contributed by atoms with E-state index in [0.29, 0.717) is 0 Å². The van der Waals surface area contributed by atoms with Crippen molar-refractivity contribution in [2.75, 3.05) is 0 Å². The smallest absolute Gasteiger partial charge is 0.0665 e. The minimum Gasteiger partial charge on any atom is -0.265 e.